The van der Waals surface area contributed by atoms with E-state index >= 15 is 4.39 Å². The third-order valence-electron chi connectivity index (χ3n) is 11.1. The van der Waals surface area contributed by atoms with Crippen molar-refractivity contribution in [3.8, 4) is 22.3 Å². The van der Waals surface area contributed by atoms with Crippen LogP contribution in [0.15, 0.2) is 96.0 Å². The summed E-state index contributed by atoms with van der Waals surface area (Å²) in [5, 5.41) is 14.0. The minimum absolute atomic E-state index is 0.0827. The standard InChI is InChI=1S/C46H44FN9O6S/c47-37-22-31(12-14-32(37)28-21-35(43(48)51-23-28)26-7-13-33-27(20-26)17-19-50-44(33)60)63-55-30-10-8-29(9-11-30)52-42(59)24-49-18-2-1-6-40(57)53-38-5-3-4-34-36(38)25-56(46(34)62)39-15-16-41(58)54-45(39)61/h3-5,7-14,20-23,39,49,55H,1-2,6,15-19,24-25H2,(H2,48,51)(H,50,60)(H,52,59)(H,53,57)(H,54,58,61). The minimum atomic E-state index is -0.738. The smallest absolute Gasteiger partial charge is 0.255 e. The number of halogens is 1. The Morgan fingerprint density at radius 1 is 0.841 bits per heavy atom. The molecule has 0 spiro atoms. The van der Waals surface area contributed by atoms with Crippen LogP contribution < -0.4 is 37.0 Å². The van der Waals surface area contributed by atoms with Gasteiger partial charge >= 0.3 is 0 Å². The maximum Gasteiger partial charge on any atom is 0.255 e. The molecule has 0 radical (unpaired) electrons. The molecule has 1 saturated heterocycles. The summed E-state index contributed by atoms with van der Waals surface area (Å²) >= 11 is 1.24. The number of nitrogens with one attached hydrogen (secondary N) is 6. The highest BCUT2D eigenvalue weighted by atomic mass is 32.2. The zero-order valence-corrected chi connectivity index (χ0v) is 34.8. The number of pyridine rings is 1. The molecule has 8 N–H and O–H groups in total. The highest BCUT2D eigenvalue weighted by Gasteiger charge is 2.40. The van der Waals surface area contributed by atoms with Gasteiger partial charge in [0.05, 0.1) is 6.54 Å². The van der Waals surface area contributed by atoms with Crippen molar-refractivity contribution < 1.29 is 33.2 Å². The normalized spacial score (nSPS) is 15.6. The van der Waals surface area contributed by atoms with E-state index in [1.807, 2.05) is 18.2 Å². The fourth-order valence-electron chi connectivity index (χ4n) is 7.84. The number of benzene rings is 4. The number of carbonyl (C=O) groups excluding carboxylic acids is 6. The lowest BCUT2D eigenvalue weighted by molar-refractivity contribution is -0.137. The summed E-state index contributed by atoms with van der Waals surface area (Å²) < 4.78 is 18.7. The van der Waals surface area contributed by atoms with E-state index in [-0.39, 0.29) is 61.9 Å². The summed E-state index contributed by atoms with van der Waals surface area (Å²) in [4.78, 5) is 81.0. The second kappa shape index (κ2) is 18.9. The van der Waals surface area contributed by atoms with Crippen molar-refractivity contribution >= 4 is 70.3 Å². The molecule has 3 aliphatic rings. The molecule has 0 aliphatic carbocycles. The van der Waals surface area contributed by atoms with Gasteiger partial charge in [-0.25, -0.2) is 9.37 Å². The summed E-state index contributed by atoms with van der Waals surface area (Å²) in [7, 11) is 0. The number of carbonyl (C=O) groups is 6. The predicted molar refractivity (Wildman–Crippen MR) is 238 cm³/mol. The second-order valence-electron chi connectivity index (χ2n) is 15.4. The van der Waals surface area contributed by atoms with Gasteiger partial charge in [-0.15, -0.1) is 0 Å². The molecule has 0 saturated carbocycles. The Hall–Kier alpha value is -7.11. The topological polar surface area (TPSA) is 217 Å². The number of nitrogens with two attached hydrogens (primary N) is 1. The van der Waals surface area contributed by atoms with E-state index in [4.69, 9.17) is 5.73 Å². The van der Waals surface area contributed by atoms with Crippen molar-refractivity contribution in [1.29, 1.82) is 0 Å². The van der Waals surface area contributed by atoms with Crippen LogP contribution in [-0.4, -0.2) is 71.0 Å². The quantitative estimate of drug-likeness (QED) is 0.0388. The molecule has 1 unspecified atom stereocenters. The zero-order valence-electron chi connectivity index (χ0n) is 34.0. The monoisotopic (exact) mass is 869 g/mol. The number of anilines is 4. The molecule has 1 atom stereocenters. The lowest BCUT2D eigenvalue weighted by Crippen LogP contribution is -2.52. The summed E-state index contributed by atoms with van der Waals surface area (Å²) in [5.41, 5.74) is 13.2. The third kappa shape index (κ3) is 9.84. The summed E-state index contributed by atoms with van der Waals surface area (Å²) in [5.74, 6) is -1.80. The van der Waals surface area contributed by atoms with Crippen molar-refractivity contribution in [1.82, 2.24) is 25.8 Å². The van der Waals surface area contributed by atoms with E-state index < -0.39 is 17.8 Å². The maximum absolute atomic E-state index is 15.5. The Morgan fingerprint density at radius 2 is 1.65 bits per heavy atom. The number of rotatable bonds is 15. The van der Waals surface area contributed by atoms with Crippen molar-refractivity contribution in [3.05, 3.63) is 119 Å². The van der Waals surface area contributed by atoms with Gasteiger partial charge in [0.15, 0.2) is 0 Å². The van der Waals surface area contributed by atoms with Crippen LogP contribution in [-0.2, 0) is 32.1 Å². The summed E-state index contributed by atoms with van der Waals surface area (Å²) in [6, 6.07) is 23.8. The van der Waals surface area contributed by atoms with Gasteiger partial charge in [-0.1, -0.05) is 24.3 Å². The summed E-state index contributed by atoms with van der Waals surface area (Å²) in [6.07, 6.45) is 4.13. The van der Waals surface area contributed by atoms with Crippen LogP contribution >= 0.6 is 11.9 Å². The molecule has 1 fully saturated rings. The lowest BCUT2D eigenvalue weighted by Gasteiger charge is -2.29. The largest absolute Gasteiger partial charge is 0.383 e. The zero-order chi connectivity index (χ0) is 44.0. The number of fused-ring (bicyclic) bond motifs is 2. The van der Waals surface area contributed by atoms with Crippen LogP contribution in [0.5, 0.6) is 0 Å². The van der Waals surface area contributed by atoms with Crippen LogP contribution in [0.1, 0.15) is 63.9 Å². The number of hydrogen-bond donors (Lipinski definition) is 7. The molecule has 6 amide bonds. The highest BCUT2D eigenvalue weighted by Crippen LogP contribution is 2.35. The number of aromatic nitrogens is 1. The number of piperidine rings is 1. The molecule has 0 bridgehead atoms. The van der Waals surface area contributed by atoms with Gasteiger partial charge in [0.1, 0.15) is 17.7 Å². The number of unbranched alkanes of at least 4 members (excludes halogenated alkanes) is 1. The molecule has 4 aromatic carbocycles. The number of imide groups is 1. The van der Waals surface area contributed by atoms with Crippen LogP contribution in [0, 0.1) is 5.82 Å². The van der Waals surface area contributed by atoms with E-state index in [1.165, 1.54) is 22.9 Å². The van der Waals surface area contributed by atoms with Crippen LogP contribution in [0.25, 0.3) is 22.3 Å². The Kier molecular flexibility index (Phi) is 12.8. The fourth-order valence-corrected chi connectivity index (χ4v) is 8.51. The average Bonchev–Trinajstić information content (AvgIpc) is 3.61. The lowest BCUT2D eigenvalue weighted by atomic mass is 9.94. The van der Waals surface area contributed by atoms with Crippen molar-refractivity contribution in [2.45, 2.75) is 56.0 Å². The molecule has 8 rings (SSSR count). The van der Waals surface area contributed by atoms with E-state index in [0.29, 0.717) is 87.8 Å². The Bertz CT molecular complexity index is 2640. The predicted octanol–water partition coefficient (Wildman–Crippen LogP) is 5.64. The molecule has 1 aromatic heterocycles. The molecule has 4 heterocycles. The average molecular weight is 870 g/mol. The molecule has 322 valence electrons. The number of nitrogens with zero attached hydrogens (tertiary/aromatic N) is 2. The van der Waals surface area contributed by atoms with Gasteiger partial charge in [0, 0.05) is 87.5 Å². The minimum Gasteiger partial charge on any atom is -0.383 e. The highest BCUT2D eigenvalue weighted by molar-refractivity contribution is 8.00. The third-order valence-corrected chi connectivity index (χ3v) is 11.9. The maximum atomic E-state index is 15.5. The first kappa shape index (κ1) is 42.6. The molecule has 17 heteroatoms. The van der Waals surface area contributed by atoms with Crippen molar-refractivity contribution in [2.75, 3.05) is 40.7 Å². The molecule has 15 nitrogen and oxygen atoms in total. The van der Waals surface area contributed by atoms with Gasteiger partial charge in [-0.2, -0.15) is 0 Å². The summed E-state index contributed by atoms with van der Waals surface area (Å²) in [6.45, 7) is 1.33. The van der Waals surface area contributed by atoms with E-state index in [1.54, 1.807) is 66.9 Å². The molecule has 3 aliphatic heterocycles. The van der Waals surface area contributed by atoms with Gasteiger partial charge in [-0.3, -0.25) is 34.1 Å². The first-order chi connectivity index (χ1) is 30.5. The Morgan fingerprint density at radius 3 is 2.46 bits per heavy atom. The first-order valence-corrected chi connectivity index (χ1v) is 21.4. The van der Waals surface area contributed by atoms with Gasteiger partial charge in [-0.05, 0) is 116 Å². The van der Waals surface area contributed by atoms with Gasteiger partial charge in [0.2, 0.25) is 23.6 Å². The van der Waals surface area contributed by atoms with Gasteiger partial charge < -0.3 is 36.6 Å². The van der Waals surface area contributed by atoms with E-state index in [0.717, 1.165) is 16.8 Å². The Labute approximate surface area is 366 Å². The number of amides is 6. The van der Waals surface area contributed by atoms with E-state index in [2.05, 4.69) is 36.3 Å². The molecule has 5 aromatic rings. The van der Waals surface area contributed by atoms with Crippen LogP contribution in [0.2, 0.25) is 0 Å². The molecular weight excluding hydrogens is 826 g/mol. The molecular formula is C46H44FN9O6S. The van der Waals surface area contributed by atoms with Crippen LogP contribution in [0.3, 0.4) is 0 Å². The van der Waals surface area contributed by atoms with E-state index in [9.17, 15) is 28.8 Å². The molecule has 63 heavy (non-hydrogen) atoms. The first-order valence-electron chi connectivity index (χ1n) is 20.6. The Balaban J connectivity index is 0.743. The number of nitrogen functional groups attached to an aromatic ring is 1. The van der Waals surface area contributed by atoms with Crippen molar-refractivity contribution in [3.63, 3.8) is 0 Å². The van der Waals surface area contributed by atoms with Crippen molar-refractivity contribution in [2.24, 2.45) is 0 Å². The fraction of sp³-hybridized carbons (Fsp3) is 0.239. The van der Waals surface area contributed by atoms with Gasteiger partial charge in [0.25, 0.3) is 11.8 Å². The van der Waals surface area contributed by atoms with Crippen LogP contribution in [0.4, 0.5) is 27.3 Å². The SMILES string of the molecule is Nc1ncc(-c2ccc(SNc3ccc(NC(=O)CNCCCCC(=O)Nc4cccc5c4CN(C4CCC(=O)NC4=O)C5=O)cc3)cc2F)cc1-c1ccc2c(c1)CCNC2=O. The second-order valence-corrected chi connectivity index (χ2v) is 16.3. The number of hydrogen-bond acceptors (Lipinski definition) is 11.